The maximum atomic E-state index is 13.0. The van der Waals surface area contributed by atoms with E-state index in [1.165, 1.54) is 11.3 Å². The highest BCUT2D eigenvalue weighted by atomic mass is 32.2. The molecule has 0 bridgehead atoms. The van der Waals surface area contributed by atoms with Crippen LogP contribution in [0, 0.1) is 0 Å². The number of anilines is 1. The molecule has 3 aromatic rings. The average molecular weight is 568 g/mol. The maximum absolute atomic E-state index is 13.0. The molecule has 39 heavy (non-hydrogen) atoms. The van der Waals surface area contributed by atoms with Gasteiger partial charge in [-0.3, -0.25) is 19.7 Å². The molecule has 0 saturated carbocycles. The lowest BCUT2D eigenvalue weighted by molar-refractivity contribution is -0.130. The highest BCUT2D eigenvalue weighted by Crippen LogP contribution is 2.31. The van der Waals surface area contributed by atoms with E-state index in [0.29, 0.717) is 61.3 Å². The number of benzene rings is 2. The van der Waals surface area contributed by atoms with Gasteiger partial charge in [0, 0.05) is 70.2 Å². The van der Waals surface area contributed by atoms with Crippen LogP contribution in [0.4, 0.5) is 5.13 Å². The normalized spacial score (nSPS) is 13.4. The molecule has 0 atom stereocenters. The number of thiazole rings is 1. The number of thioether (sulfide) groups is 1. The number of ether oxygens (including phenoxy) is 1. The average Bonchev–Trinajstić information content (AvgIpc) is 3.41. The summed E-state index contributed by atoms with van der Waals surface area (Å²) in [6.07, 6.45) is 1.75. The Labute approximate surface area is 236 Å². The van der Waals surface area contributed by atoms with E-state index in [-0.39, 0.29) is 17.7 Å². The number of carbonyl (C=O) groups is 3. The van der Waals surface area contributed by atoms with E-state index in [4.69, 9.17) is 4.74 Å². The number of hydrogen-bond acceptors (Lipinski definition) is 8. The number of methoxy groups -OCH3 is 1. The van der Waals surface area contributed by atoms with E-state index in [1.54, 1.807) is 41.8 Å². The molecule has 0 radical (unpaired) electrons. The summed E-state index contributed by atoms with van der Waals surface area (Å²) in [4.78, 5) is 45.1. The Balaban J connectivity index is 1.26. The van der Waals surface area contributed by atoms with Gasteiger partial charge in [0.1, 0.15) is 0 Å². The second-order valence-electron chi connectivity index (χ2n) is 9.09. The molecule has 4 rings (SSSR count). The minimum Gasteiger partial charge on any atom is -0.383 e. The van der Waals surface area contributed by atoms with Gasteiger partial charge in [-0.05, 0) is 35.4 Å². The lowest BCUT2D eigenvalue weighted by atomic mass is 10.1. The van der Waals surface area contributed by atoms with Crippen molar-refractivity contribution < 1.29 is 19.1 Å². The quantitative estimate of drug-likeness (QED) is 0.269. The molecule has 2 aromatic carbocycles. The van der Waals surface area contributed by atoms with Gasteiger partial charge in [-0.15, -0.1) is 11.8 Å². The van der Waals surface area contributed by atoms with Crippen LogP contribution in [0.5, 0.6) is 0 Å². The minimum absolute atomic E-state index is 0.0109. The van der Waals surface area contributed by atoms with Crippen LogP contribution in [0.2, 0.25) is 0 Å². The van der Waals surface area contributed by atoms with E-state index in [2.05, 4.69) is 15.6 Å². The zero-order chi connectivity index (χ0) is 27.6. The molecular formula is C28H33N5O4S2. The monoisotopic (exact) mass is 567 g/mol. The lowest BCUT2D eigenvalue weighted by Crippen LogP contribution is -2.50. The largest absolute Gasteiger partial charge is 0.383 e. The van der Waals surface area contributed by atoms with E-state index in [0.717, 1.165) is 21.9 Å². The number of amides is 3. The van der Waals surface area contributed by atoms with Gasteiger partial charge < -0.3 is 19.9 Å². The third kappa shape index (κ3) is 8.37. The van der Waals surface area contributed by atoms with Gasteiger partial charge in [-0.2, -0.15) is 0 Å². The second kappa shape index (κ2) is 14.2. The van der Waals surface area contributed by atoms with Crippen LogP contribution in [0.3, 0.4) is 0 Å². The standard InChI is InChI=1S/C28H33N5O4S2/c1-20(34)32-11-13-33(14-12-32)27(36)24-5-3-4-22(16-24)19-38-25-18-30-28(39-25)31-26(35)23-8-6-21(7-9-23)17-29-10-15-37-2/h3-9,16,18,29H,10-15,17,19H2,1-2H3,(H,30,31,35). The molecule has 0 unspecified atom stereocenters. The van der Waals surface area contributed by atoms with Gasteiger partial charge in [0.25, 0.3) is 11.8 Å². The number of aromatic nitrogens is 1. The third-order valence-electron chi connectivity index (χ3n) is 6.30. The van der Waals surface area contributed by atoms with Crippen molar-refractivity contribution in [2.24, 2.45) is 0 Å². The number of piperazine rings is 1. The van der Waals surface area contributed by atoms with E-state index in [1.807, 2.05) is 48.5 Å². The summed E-state index contributed by atoms with van der Waals surface area (Å²) in [6.45, 7) is 5.93. The van der Waals surface area contributed by atoms with Crippen molar-refractivity contribution in [3.63, 3.8) is 0 Å². The van der Waals surface area contributed by atoms with Crippen LogP contribution in [0.25, 0.3) is 0 Å². The van der Waals surface area contributed by atoms with E-state index in [9.17, 15) is 14.4 Å². The first-order valence-corrected chi connectivity index (χ1v) is 14.6. The van der Waals surface area contributed by atoms with Gasteiger partial charge in [0.05, 0.1) is 17.0 Å². The lowest BCUT2D eigenvalue weighted by Gasteiger charge is -2.34. The molecule has 0 spiro atoms. The van der Waals surface area contributed by atoms with Crippen molar-refractivity contribution in [3.05, 3.63) is 77.0 Å². The summed E-state index contributed by atoms with van der Waals surface area (Å²) < 4.78 is 6.00. The van der Waals surface area contributed by atoms with Gasteiger partial charge in [0.15, 0.2) is 5.13 Å². The fourth-order valence-corrected chi connectivity index (χ4v) is 5.90. The molecule has 1 aromatic heterocycles. The zero-order valence-electron chi connectivity index (χ0n) is 22.1. The number of nitrogens with zero attached hydrogens (tertiary/aromatic N) is 3. The number of hydrogen-bond donors (Lipinski definition) is 2. The summed E-state index contributed by atoms with van der Waals surface area (Å²) in [6, 6.07) is 15.1. The molecule has 1 saturated heterocycles. The fraction of sp³-hybridized carbons (Fsp3) is 0.357. The van der Waals surface area contributed by atoms with Crippen LogP contribution in [-0.2, 0) is 21.8 Å². The zero-order valence-corrected chi connectivity index (χ0v) is 23.8. The Hall–Kier alpha value is -3.25. The summed E-state index contributed by atoms with van der Waals surface area (Å²) in [5.74, 6) is 0.510. The topological polar surface area (TPSA) is 104 Å². The SMILES string of the molecule is COCCNCc1ccc(C(=O)Nc2ncc(SCc3cccc(C(=O)N4CCN(C(C)=O)CC4)c3)s2)cc1. The Kier molecular flexibility index (Phi) is 10.5. The van der Waals surface area contributed by atoms with Crippen molar-refractivity contribution >= 4 is 46.0 Å². The Morgan fingerprint density at radius 2 is 1.74 bits per heavy atom. The van der Waals surface area contributed by atoms with Crippen LogP contribution >= 0.6 is 23.1 Å². The Bertz CT molecular complexity index is 1270. The Morgan fingerprint density at radius 1 is 1.00 bits per heavy atom. The van der Waals surface area contributed by atoms with Crippen LogP contribution in [0.15, 0.2) is 58.9 Å². The molecule has 1 aliphatic heterocycles. The van der Waals surface area contributed by atoms with Crippen molar-refractivity contribution in [2.75, 3.05) is 51.8 Å². The first-order chi connectivity index (χ1) is 18.9. The highest BCUT2D eigenvalue weighted by Gasteiger charge is 2.23. The number of carbonyl (C=O) groups excluding carboxylic acids is 3. The number of rotatable bonds is 11. The van der Waals surface area contributed by atoms with Gasteiger partial charge in [-0.25, -0.2) is 4.98 Å². The summed E-state index contributed by atoms with van der Waals surface area (Å²) in [5.41, 5.74) is 3.35. The molecule has 11 heteroatoms. The van der Waals surface area contributed by atoms with Gasteiger partial charge >= 0.3 is 0 Å². The molecule has 206 valence electrons. The van der Waals surface area contributed by atoms with Crippen molar-refractivity contribution in [3.8, 4) is 0 Å². The molecule has 3 amide bonds. The Morgan fingerprint density at radius 3 is 2.46 bits per heavy atom. The first kappa shape index (κ1) is 28.8. The fourth-order valence-electron chi connectivity index (χ4n) is 4.09. The molecular weight excluding hydrogens is 534 g/mol. The van der Waals surface area contributed by atoms with Crippen LogP contribution in [0.1, 0.15) is 38.8 Å². The highest BCUT2D eigenvalue weighted by molar-refractivity contribution is 8.00. The van der Waals surface area contributed by atoms with Gasteiger partial charge in [0.2, 0.25) is 5.91 Å². The summed E-state index contributed by atoms with van der Waals surface area (Å²) >= 11 is 3.03. The summed E-state index contributed by atoms with van der Waals surface area (Å²) in [5, 5.41) is 6.70. The van der Waals surface area contributed by atoms with Crippen LogP contribution in [-0.4, -0.2) is 78.9 Å². The molecule has 2 N–H and O–H groups in total. The van der Waals surface area contributed by atoms with Crippen LogP contribution < -0.4 is 10.6 Å². The van der Waals surface area contributed by atoms with Crippen molar-refractivity contribution in [2.45, 2.75) is 23.4 Å². The van der Waals surface area contributed by atoms with Crippen molar-refractivity contribution in [1.82, 2.24) is 20.1 Å². The molecule has 9 nitrogen and oxygen atoms in total. The smallest absolute Gasteiger partial charge is 0.257 e. The molecule has 1 aliphatic rings. The van der Waals surface area contributed by atoms with Crippen molar-refractivity contribution in [1.29, 1.82) is 0 Å². The molecule has 0 aliphatic carbocycles. The minimum atomic E-state index is -0.199. The maximum Gasteiger partial charge on any atom is 0.257 e. The second-order valence-corrected chi connectivity index (χ2v) is 11.4. The third-order valence-corrected chi connectivity index (χ3v) is 8.48. The van der Waals surface area contributed by atoms with E-state index < -0.39 is 0 Å². The summed E-state index contributed by atoms with van der Waals surface area (Å²) in [7, 11) is 1.67. The predicted octanol–water partition coefficient (Wildman–Crippen LogP) is 3.73. The van der Waals surface area contributed by atoms with Gasteiger partial charge in [-0.1, -0.05) is 35.6 Å². The van der Waals surface area contributed by atoms with E-state index >= 15 is 0 Å². The first-order valence-electron chi connectivity index (χ1n) is 12.7. The predicted molar refractivity (Wildman–Crippen MR) is 154 cm³/mol. The molecule has 2 heterocycles. The molecule has 1 fully saturated rings. The number of nitrogens with one attached hydrogen (secondary N) is 2.